The van der Waals surface area contributed by atoms with Crippen LogP contribution in [-0.4, -0.2) is 25.8 Å². The highest BCUT2D eigenvalue weighted by molar-refractivity contribution is 5.20. The van der Waals surface area contributed by atoms with Crippen molar-refractivity contribution >= 4 is 0 Å². The number of morpholine rings is 1. The van der Waals surface area contributed by atoms with Gasteiger partial charge in [-0.05, 0) is 11.6 Å². The van der Waals surface area contributed by atoms with E-state index < -0.39 is 0 Å². The van der Waals surface area contributed by atoms with Crippen LogP contribution in [0.4, 0.5) is 0 Å². The van der Waals surface area contributed by atoms with Crippen molar-refractivity contribution in [3.8, 4) is 5.88 Å². The Labute approximate surface area is 123 Å². The van der Waals surface area contributed by atoms with Gasteiger partial charge < -0.3 is 20.0 Å². The summed E-state index contributed by atoms with van der Waals surface area (Å²) in [5.74, 6) is 0.278. The van der Waals surface area contributed by atoms with E-state index >= 15 is 0 Å². The van der Waals surface area contributed by atoms with Crippen LogP contribution in [0.15, 0.2) is 54.7 Å². The van der Waals surface area contributed by atoms with Gasteiger partial charge in [0, 0.05) is 19.2 Å². The molecular weight excluding hydrogens is 268 g/mol. The number of nitrogens with one attached hydrogen (secondary N) is 1. The number of nitrogens with zero attached hydrogens (tertiary/aromatic N) is 1. The van der Waals surface area contributed by atoms with E-state index in [2.05, 4.69) is 5.32 Å². The molecule has 5 nitrogen and oxygen atoms in total. The Bertz CT molecular complexity index is 571. The Hall–Kier alpha value is -2.11. The normalized spacial score (nSPS) is 19.9. The lowest BCUT2D eigenvalue weighted by Crippen LogP contribution is -2.44. The minimum Gasteiger partial charge on any atom is -0.616 e. The molecule has 21 heavy (non-hydrogen) atoms. The van der Waals surface area contributed by atoms with Crippen molar-refractivity contribution in [3.05, 3.63) is 65.5 Å². The topological polar surface area (TPSA) is 57.4 Å². The van der Waals surface area contributed by atoms with Crippen LogP contribution in [0.3, 0.4) is 0 Å². The zero-order chi connectivity index (χ0) is 14.5. The molecule has 1 aromatic carbocycles. The van der Waals surface area contributed by atoms with E-state index in [0.29, 0.717) is 13.2 Å². The van der Waals surface area contributed by atoms with Crippen LogP contribution in [0.25, 0.3) is 0 Å². The molecule has 0 spiro atoms. The molecule has 0 amide bonds. The molecule has 2 atom stereocenters. The second kappa shape index (κ2) is 6.56. The van der Waals surface area contributed by atoms with E-state index in [9.17, 15) is 5.21 Å². The van der Waals surface area contributed by atoms with Gasteiger partial charge in [-0.1, -0.05) is 30.3 Å². The van der Waals surface area contributed by atoms with E-state index in [4.69, 9.17) is 9.47 Å². The third-order valence-electron chi connectivity index (χ3n) is 3.46. The number of aromatic nitrogens is 1. The molecule has 0 bridgehead atoms. The fourth-order valence-electron chi connectivity index (χ4n) is 2.42. The number of hydrogen-bond donors (Lipinski definition) is 1. The van der Waals surface area contributed by atoms with Crippen molar-refractivity contribution in [2.45, 2.75) is 12.2 Å². The summed E-state index contributed by atoms with van der Waals surface area (Å²) < 4.78 is 12.5. The van der Waals surface area contributed by atoms with Gasteiger partial charge in [-0.3, -0.25) is 0 Å². The number of benzene rings is 1. The zero-order valence-corrected chi connectivity index (χ0v) is 11.6. The molecule has 5 heteroatoms. The average Bonchev–Trinajstić information content (AvgIpc) is 2.56. The molecule has 110 valence electrons. The predicted molar refractivity (Wildman–Crippen MR) is 77.8 cm³/mol. The highest BCUT2D eigenvalue weighted by Crippen LogP contribution is 2.25. The maximum atomic E-state index is 11.8. The van der Waals surface area contributed by atoms with Gasteiger partial charge in [-0.2, -0.15) is 0 Å². The lowest BCUT2D eigenvalue weighted by atomic mass is 10.0. The van der Waals surface area contributed by atoms with Gasteiger partial charge >= 0.3 is 5.88 Å². The average molecular weight is 286 g/mol. The van der Waals surface area contributed by atoms with E-state index in [1.54, 1.807) is 18.2 Å². The second-order valence-electron chi connectivity index (χ2n) is 4.93. The summed E-state index contributed by atoms with van der Waals surface area (Å²) in [5.41, 5.74) is 0.995. The molecule has 1 saturated heterocycles. The molecule has 3 rings (SSSR count). The molecule has 2 unspecified atom stereocenters. The highest BCUT2D eigenvalue weighted by Gasteiger charge is 2.29. The minimum atomic E-state index is -0.318. The van der Waals surface area contributed by atoms with Gasteiger partial charge in [0.15, 0.2) is 12.3 Å². The van der Waals surface area contributed by atoms with E-state index in [-0.39, 0.29) is 18.1 Å². The molecule has 1 fully saturated rings. The van der Waals surface area contributed by atoms with E-state index in [1.165, 1.54) is 6.20 Å². The van der Waals surface area contributed by atoms with Crippen LogP contribution < -0.4 is 14.8 Å². The van der Waals surface area contributed by atoms with Gasteiger partial charge in [0.2, 0.25) is 0 Å². The van der Waals surface area contributed by atoms with Crippen LogP contribution in [0.2, 0.25) is 0 Å². The van der Waals surface area contributed by atoms with E-state index in [0.717, 1.165) is 16.8 Å². The molecule has 1 aromatic heterocycles. The van der Waals surface area contributed by atoms with Gasteiger partial charge in [-0.25, -0.2) is 0 Å². The van der Waals surface area contributed by atoms with Gasteiger partial charge in [0.1, 0.15) is 6.10 Å². The fourth-order valence-corrected chi connectivity index (χ4v) is 2.42. The van der Waals surface area contributed by atoms with Crippen molar-refractivity contribution in [1.29, 1.82) is 0 Å². The van der Waals surface area contributed by atoms with Crippen LogP contribution in [0, 0.1) is 5.21 Å². The highest BCUT2D eigenvalue weighted by atomic mass is 16.6. The smallest absolute Gasteiger partial charge is 0.380 e. The van der Waals surface area contributed by atoms with E-state index in [1.807, 2.05) is 30.3 Å². The van der Waals surface area contributed by atoms with Gasteiger partial charge in [0.25, 0.3) is 0 Å². The Balaban J connectivity index is 1.87. The van der Waals surface area contributed by atoms with Crippen molar-refractivity contribution in [2.75, 3.05) is 19.7 Å². The van der Waals surface area contributed by atoms with Crippen molar-refractivity contribution in [1.82, 2.24) is 5.32 Å². The van der Waals surface area contributed by atoms with Crippen LogP contribution in [-0.2, 0) is 4.74 Å². The number of rotatable bonds is 4. The summed E-state index contributed by atoms with van der Waals surface area (Å²) in [6, 6.07) is 15.0. The Morgan fingerprint density at radius 2 is 2.00 bits per heavy atom. The molecular formula is C16H18N2O3. The standard InChI is InChI=1S/C16H18N2O3/c19-18-10-5-4-8-15(18)21-16(13-6-2-1-3-7-13)14-12-17-9-11-20-14/h1-8,10,14,16-17H,9,11-12H2. The SMILES string of the molecule is [O-][n+]1ccccc1OC(c1ccccc1)C1CNCCO1. The van der Waals surface area contributed by atoms with Crippen LogP contribution in [0.5, 0.6) is 5.88 Å². The molecule has 1 aliphatic rings. The summed E-state index contributed by atoms with van der Waals surface area (Å²) in [7, 11) is 0. The summed E-state index contributed by atoms with van der Waals surface area (Å²) >= 11 is 0. The first-order valence-electron chi connectivity index (χ1n) is 7.07. The Morgan fingerprint density at radius 3 is 2.71 bits per heavy atom. The summed E-state index contributed by atoms with van der Waals surface area (Å²) in [6.07, 6.45) is 0.986. The Morgan fingerprint density at radius 1 is 1.19 bits per heavy atom. The van der Waals surface area contributed by atoms with Crippen molar-refractivity contribution in [3.63, 3.8) is 0 Å². The van der Waals surface area contributed by atoms with Gasteiger partial charge in [0.05, 0.1) is 12.7 Å². The molecule has 1 N–H and O–H groups in total. The quantitative estimate of drug-likeness (QED) is 0.682. The fraction of sp³-hybridized carbons (Fsp3) is 0.312. The molecule has 0 saturated carbocycles. The lowest BCUT2D eigenvalue weighted by molar-refractivity contribution is -0.614. The largest absolute Gasteiger partial charge is 0.616 e. The number of hydrogen-bond acceptors (Lipinski definition) is 4. The first-order valence-corrected chi connectivity index (χ1v) is 7.07. The molecule has 0 aliphatic carbocycles. The third-order valence-corrected chi connectivity index (χ3v) is 3.46. The maximum absolute atomic E-state index is 11.8. The molecule has 2 heterocycles. The first kappa shape index (κ1) is 13.9. The Kier molecular flexibility index (Phi) is 4.33. The predicted octanol–water partition coefficient (Wildman–Crippen LogP) is 1.43. The number of pyridine rings is 1. The van der Waals surface area contributed by atoms with Crippen molar-refractivity contribution < 1.29 is 14.2 Å². The summed E-state index contributed by atoms with van der Waals surface area (Å²) in [4.78, 5) is 0. The summed E-state index contributed by atoms with van der Waals surface area (Å²) in [5, 5.41) is 15.1. The molecule has 1 aliphatic heterocycles. The number of ether oxygens (including phenoxy) is 2. The van der Waals surface area contributed by atoms with Crippen molar-refractivity contribution in [2.24, 2.45) is 0 Å². The van der Waals surface area contributed by atoms with Crippen LogP contribution >= 0.6 is 0 Å². The third kappa shape index (κ3) is 3.32. The van der Waals surface area contributed by atoms with Crippen LogP contribution in [0.1, 0.15) is 11.7 Å². The molecule has 2 aromatic rings. The van der Waals surface area contributed by atoms with Gasteiger partial charge in [-0.15, -0.1) is 4.73 Å². The lowest BCUT2D eigenvalue weighted by Gasteiger charge is -2.30. The monoisotopic (exact) mass is 286 g/mol. The first-order chi connectivity index (χ1) is 10.3. The second-order valence-corrected chi connectivity index (χ2v) is 4.93. The molecule has 0 radical (unpaired) electrons. The zero-order valence-electron chi connectivity index (χ0n) is 11.6. The minimum absolute atomic E-state index is 0.124. The summed E-state index contributed by atoms with van der Waals surface area (Å²) in [6.45, 7) is 2.18. The maximum Gasteiger partial charge on any atom is 0.380 e.